The maximum absolute atomic E-state index is 11.1. The lowest BCUT2D eigenvalue weighted by Crippen LogP contribution is -2.44. The van der Waals surface area contributed by atoms with Gasteiger partial charge in [-0.25, -0.2) is 0 Å². The number of aliphatic hydroxyl groups excluding tert-OH is 1. The smallest absolute Gasteiger partial charge is 0.326 e. The van der Waals surface area contributed by atoms with Crippen molar-refractivity contribution in [1.29, 1.82) is 0 Å². The van der Waals surface area contributed by atoms with Gasteiger partial charge in [0.25, 0.3) is 0 Å². The number of halogens is 1. The van der Waals surface area contributed by atoms with Crippen molar-refractivity contribution in [2.24, 2.45) is 5.73 Å². The van der Waals surface area contributed by atoms with Crippen LogP contribution in [0, 0.1) is 0 Å². The van der Waals surface area contributed by atoms with Crippen molar-refractivity contribution in [3.8, 4) is 0 Å². The van der Waals surface area contributed by atoms with E-state index >= 15 is 0 Å². The van der Waals surface area contributed by atoms with Gasteiger partial charge >= 0.3 is 5.97 Å². The number of nitrogens with two attached hydrogens (primary N) is 1. The van der Waals surface area contributed by atoms with Crippen molar-refractivity contribution in [3.05, 3.63) is 0 Å². The van der Waals surface area contributed by atoms with Crippen molar-refractivity contribution in [2.45, 2.75) is 45.4 Å². The molecule has 0 saturated heterocycles. The minimum Gasteiger partial charge on any atom is -0.459 e. The highest BCUT2D eigenvalue weighted by molar-refractivity contribution is 5.85. The standard InChI is InChI=1S/C8H17NO3.ClH/c1-5(10)6(9)7(11)12-8(2,3)4;/h5-6,10H,9H2,1-4H3;1H/t5-,6+;/m1./s1. The molecule has 5 heteroatoms. The Balaban J connectivity index is 0. The molecule has 80 valence electrons. The predicted molar refractivity (Wildman–Crippen MR) is 52.7 cm³/mol. The highest BCUT2D eigenvalue weighted by atomic mass is 35.5. The SMILES string of the molecule is C[C@@H](O)[C@H](N)C(=O)OC(C)(C)C.Cl. The van der Waals surface area contributed by atoms with Crippen LogP contribution in [0.3, 0.4) is 0 Å². The Morgan fingerprint density at radius 3 is 2.08 bits per heavy atom. The predicted octanol–water partition coefficient (Wildman–Crippen LogP) is 0.458. The number of ether oxygens (including phenoxy) is 1. The number of carbonyl (C=O) groups is 1. The summed E-state index contributed by atoms with van der Waals surface area (Å²) in [5.74, 6) is -0.572. The number of hydrogen-bond acceptors (Lipinski definition) is 4. The summed E-state index contributed by atoms with van der Waals surface area (Å²) in [6.07, 6.45) is -0.875. The summed E-state index contributed by atoms with van der Waals surface area (Å²) in [7, 11) is 0. The van der Waals surface area contributed by atoms with E-state index in [9.17, 15) is 4.79 Å². The normalized spacial score (nSPS) is 15.5. The van der Waals surface area contributed by atoms with Crippen LogP contribution in [0.5, 0.6) is 0 Å². The molecule has 0 radical (unpaired) electrons. The first-order chi connectivity index (χ1) is 5.24. The van der Waals surface area contributed by atoms with Crippen LogP contribution in [0.4, 0.5) is 0 Å². The molecule has 13 heavy (non-hydrogen) atoms. The third-order valence-electron chi connectivity index (χ3n) is 1.20. The zero-order chi connectivity index (χ0) is 9.94. The van der Waals surface area contributed by atoms with E-state index in [1.807, 2.05) is 0 Å². The molecular weight excluding hydrogens is 194 g/mol. The average molecular weight is 212 g/mol. The van der Waals surface area contributed by atoms with Crippen LogP contribution >= 0.6 is 12.4 Å². The van der Waals surface area contributed by atoms with Crippen LogP contribution in [0.1, 0.15) is 27.7 Å². The molecule has 3 N–H and O–H groups in total. The quantitative estimate of drug-likeness (QED) is 0.651. The van der Waals surface area contributed by atoms with Crippen molar-refractivity contribution in [1.82, 2.24) is 0 Å². The van der Waals surface area contributed by atoms with Gasteiger partial charge < -0.3 is 15.6 Å². The van der Waals surface area contributed by atoms with E-state index < -0.39 is 23.7 Å². The number of rotatable bonds is 2. The van der Waals surface area contributed by atoms with Crippen molar-refractivity contribution < 1.29 is 14.6 Å². The number of aliphatic hydroxyl groups is 1. The van der Waals surface area contributed by atoms with Gasteiger partial charge in [0.2, 0.25) is 0 Å². The van der Waals surface area contributed by atoms with Crippen LogP contribution in [0.2, 0.25) is 0 Å². The van der Waals surface area contributed by atoms with E-state index in [-0.39, 0.29) is 12.4 Å². The molecule has 2 atom stereocenters. The fourth-order valence-corrected chi connectivity index (χ4v) is 0.567. The minimum atomic E-state index is -0.954. The maximum Gasteiger partial charge on any atom is 0.326 e. The Kier molecular flexibility index (Phi) is 6.32. The summed E-state index contributed by atoms with van der Waals surface area (Å²) in [6, 6.07) is -0.954. The summed E-state index contributed by atoms with van der Waals surface area (Å²) in [5, 5.41) is 8.96. The van der Waals surface area contributed by atoms with E-state index in [0.717, 1.165) is 0 Å². The lowest BCUT2D eigenvalue weighted by molar-refractivity contribution is -0.158. The van der Waals surface area contributed by atoms with Crippen molar-refractivity contribution in [3.63, 3.8) is 0 Å². The maximum atomic E-state index is 11.1. The number of esters is 1. The Hall–Kier alpha value is -0.320. The van der Waals surface area contributed by atoms with E-state index in [2.05, 4.69) is 0 Å². The molecule has 0 saturated carbocycles. The molecular formula is C8H18ClNO3. The van der Waals surface area contributed by atoms with Gasteiger partial charge in [-0.15, -0.1) is 12.4 Å². The number of hydrogen-bond donors (Lipinski definition) is 2. The summed E-state index contributed by atoms with van der Waals surface area (Å²) >= 11 is 0. The molecule has 0 heterocycles. The minimum absolute atomic E-state index is 0. The molecule has 0 amide bonds. The first kappa shape index (κ1) is 15.2. The van der Waals surface area contributed by atoms with Crippen molar-refractivity contribution >= 4 is 18.4 Å². The fraction of sp³-hybridized carbons (Fsp3) is 0.875. The van der Waals surface area contributed by atoms with E-state index in [1.165, 1.54) is 6.92 Å². The second-order valence-corrected chi connectivity index (χ2v) is 3.80. The van der Waals surface area contributed by atoms with Gasteiger partial charge in [0, 0.05) is 0 Å². The molecule has 4 nitrogen and oxygen atoms in total. The largest absolute Gasteiger partial charge is 0.459 e. The molecule has 0 rings (SSSR count). The molecule has 0 aromatic rings. The molecule has 0 bridgehead atoms. The highest BCUT2D eigenvalue weighted by Gasteiger charge is 2.25. The second-order valence-electron chi connectivity index (χ2n) is 3.80. The zero-order valence-corrected chi connectivity index (χ0v) is 9.22. The first-order valence-electron chi connectivity index (χ1n) is 3.90. The van der Waals surface area contributed by atoms with E-state index in [0.29, 0.717) is 0 Å². The van der Waals surface area contributed by atoms with Gasteiger partial charge in [-0.05, 0) is 27.7 Å². The molecule has 0 fully saturated rings. The summed E-state index contributed by atoms with van der Waals surface area (Å²) in [6.45, 7) is 6.70. The molecule has 0 aromatic carbocycles. The third kappa shape index (κ3) is 6.81. The average Bonchev–Trinajstić information content (AvgIpc) is 1.82. The molecule has 0 aliphatic rings. The van der Waals surface area contributed by atoms with Gasteiger partial charge in [0.15, 0.2) is 0 Å². The van der Waals surface area contributed by atoms with Gasteiger partial charge in [-0.1, -0.05) is 0 Å². The first-order valence-corrected chi connectivity index (χ1v) is 3.90. The van der Waals surface area contributed by atoms with Crippen LogP contribution in [0.15, 0.2) is 0 Å². The van der Waals surface area contributed by atoms with Crippen LogP contribution in [-0.2, 0) is 9.53 Å². The lowest BCUT2D eigenvalue weighted by atomic mass is 10.1. The lowest BCUT2D eigenvalue weighted by Gasteiger charge is -2.23. The zero-order valence-electron chi connectivity index (χ0n) is 8.40. The van der Waals surface area contributed by atoms with Crippen LogP contribution in [-0.4, -0.2) is 28.8 Å². The summed E-state index contributed by atoms with van der Waals surface area (Å²) < 4.78 is 4.94. The molecule has 0 aromatic heterocycles. The molecule has 0 aliphatic heterocycles. The van der Waals surface area contributed by atoms with Gasteiger partial charge in [-0.2, -0.15) is 0 Å². The van der Waals surface area contributed by atoms with Gasteiger partial charge in [0.05, 0.1) is 6.10 Å². The highest BCUT2D eigenvalue weighted by Crippen LogP contribution is 2.08. The second kappa shape index (κ2) is 5.42. The summed E-state index contributed by atoms with van der Waals surface area (Å²) in [4.78, 5) is 11.1. The molecule has 0 unspecified atom stereocenters. The summed E-state index contributed by atoms with van der Waals surface area (Å²) in [5.41, 5.74) is 4.79. The fourth-order valence-electron chi connectivity index (χ4n) is 0.567. The van der Waals surface area contributed by atoms with Crippen molar-refractivity contribution in [2.75, 3.05) is 0 Å². The van der Waals surface area contributed by atoms with E-state index in [1.54, 1.807) is 20.8 Å². The Morgan fingerprint density at radius 2 is 1.85 bits per heavy atom. The van der Waals surface area contributed by atoms with Crippen LogP contribution < -0.4 is 5.73 Å². The van der Waals surface area contributed by atoms with E-state index in [4.69, 9.17) is 15.6 Å². The monoisotopic (exact) mass is 211 g/mol. The van der Waals surface area contributed by atoms with Gasteiger partial charge in [0.1, 0.15) is 11.6 Å². The Morgan fingerprint density at radius 1 is 1.46 bits per heavy atom. The Labute approximate surface area is 84.9 Å². The molecule has 0 aliphatic carbocycles. The topological polar surface area (TPSA) is 72.5 Å². The van der Waals surface area contributed by atoms with Gasteiger partial charge in [-0.3, -0.25) is 4.79 Å². The molecule has 0 spiro atoms. The Bertz CT molecular complexity index is 165. The number of carbonyl (C=O) groups excluding carboxylic acids is 1. The third-order valence-corrected chi connectivity index (χ3v) is 1.20. The van der Waals surface area contributed by atoms with Crippen LogP contribution in [0.25, 0.3) is 0 Å².